The van der Waals surface area contributed by atoms with Gasteiger partial charge in [0.25, 0.3) is 15.7 Å². The van der Waals surface area contributed by atoms with Gasteiger partial charge >= 0.3 is 0 Å². The van der Waals surface area contributed by atoms with Gasteiger partial charge in [0.05, 0.1) is 21.9 Å². The molecule has 0 radical (unpaired) electrons. The Hall–Kier alpha value is -3.40. The molecule has 164 valence electrons. The first kappa shape index (κ1) is 23.3. The van der Waals surface area contributed by atoms with Crippen LogP contribution in [0.2, 0.25) is 5.02 Å². The Balaban J connectivity index is 1.88. The van der Waals surface area contributed by atoms with Gasteiger partial charge in [-0.25, -0.2) is 8.42 Å². The number of rotatable bonds is 8. The first-order chi connectivity index (χ1) is 15.2. The summed E-state index contributed by atoms with van der Waals surface area (Å²) >= 11 is 12.0. The second-order valence-corrected chi connectivity index (χ2v) is 8.88. The topological polar surface area (TPSA) is 114 Å². The Labute approximate surface area is 194 Å². The number of sulfonamides is 1. The molecule has 0 aliphatic rings. The Kier molecular flexibility index (Phi) is 7.47. The van der Waals surface area contributed by atoms with Gasteiger partial charge < -0.3 is 0 Å². The third-order valence-corrected chi connectivity index (χ3v) is 5.92. The van der Waals surface area contributed by atoms with Gasteiger partial charge in [-0.15, -0.1) is 0 Å². The molecule has 0 spiro atoms. The number of halogens is 2. The average Bonchev–Trinajstić information content (AvgIpc) is 2.76. The zero-order chi connectivity index (χ0) is 23.1. The predicted molar refractivity (Wildman–Crippen MR) is 128 cm³/mol. The van der Waals surface area contributed by atoms with Crippen molar-refractivity contribution in [2.75, 3.05) is 10.1 Å². The van der Waals surface area contributed by atoms with Crippen molar-refractivity contribution in [3.8, 4) is 0 Å². The third kappa shape index (κ3) is 6.30. The molecular formula is C21H16Cl2N4O4S. The molecule has 0 saturated carbocycles. The van der Waals surface area contributed by atoms with Gasteiger partial charge in [0.2, 0.25) is 0 Å². The Morgan fingerprint density at radius 3 is 2.38 bits per heavy atom. The predicted octanol–water partition coefficient (Wildman–Crippen LogP) is 5.73. The molecule has 32 heavy (non-hydrogen) atoms. The fourth-order valence-electron chi connectivity index (χ4n) is 2.58. The summed E-state index contributed by atoms with van der Waals surface area (Å²) in [5.41, 5.74) is 3.31. The quantitative estimate of drug-likeness (QED) is 0.238. The summed E-state index contributed by atoms with van der Waals surface area (Å²) in [6, 6.07) is 18.6. The van der Waals surface area contributed by atoms with E-state index in [2.05, 4.69) is 15.2 Å². The Morgan fingerprint density at radius 2 is 1.72 bits per heavy atom. The van der Waals surface area contributed by atoms with Crippen LogP contribution in [0.1, 0.15) is 5.56 Å². The number of non-ortho nitro benzene ring substituents is 1. The molecular weight excluding hydrogens is 475 g/mol. The van der Waals surface area contributed by atoms with E-state index in [0.717, 1.165) is 11.6 Å². The van der Waals surface area contributed by atoms with E-state index in [1.54, 1.807) is 6.08 Å². The molecule has 0 amide bonds. The van der Waals surface area contributed by atoms with Crippen molar-refractivity contribution in [1.82, 2.24) is 0 Å². The van der Waals surface area contributed by atoms with E-state index >= 15 is 0 Å². The van der Waals surface area contributed by atoms with Crippen LogP contribution in [0.15, 0.2) is 87.8 Å². The Bertz CT molecular complexity index is 1280. The molecule has 0 bridgehead atoms. The molecule has 0 heterocycles. The SMILES string of the molecule is O=[N+]([O-])c1ccc(NN=CC(Cl)=Cc2ccccc2)c(S(=O)(=O)Nc2ccc(Cl)cc2)c1. The summed E-state index contributed by atoms with van der Waals surface area (Å²) in [4.78, 5) is 10.1. The summed E-state index contributed by atoms with van der Waals surface area (Å²) in [7, 11) is -4.19. The molecule has 11 heteroatoms. The first-order valence-corrected chi connectivity index (χ1v) is 11.3. The fourth-order valence-corrected chi connectivity index (χ4v) is 4.11. The summed E-state index contributed by atoms with van der Waals surface area (Å²) in [5.74, 6) is 0. The highest BCUT2D eigenvalue weighted by atomic mass is 35.5. The molecule has 0 aromatic heterocycles. The lowest BCUT2D eigenvalue weighted by Crippen LogP contribution is -2.15. The number of anilines is 2. The lowest BCUT2D eigenvalue weighted by Gasteiger charge is -2.12. The van der Waals surface area contributed by atoms with Crippen molar-refractivity contribution in [2.45, 2.75) is 4.90 Å². The first-order valence-electron chi connectivity index (χ1n) is 9.03. The van der Waals surface area contributed by atoms with Crippen LogP contribution in [0.25, 0.3) is 6.08 Å². The maximum absolute atomic E-state index is 12.9. The van der Waals surface area contributed by atoms with Crippen LogP contribution >= 0.6 is 23.2 Å². The molecule has 0 aliphatic carbocycles. The number of nitrogens with zero attached hydrogens (tertiary/aromatic N) is 2. The normalized spacial score (nSPS) is 12.0. The molecule has 0 atom stereocenters. The second-order valence-electron chi connectivity index (χ2n) is 6.36. The number of nitro benzene ring substituents is 1. The molecule has 0 unspecified atom stereocenters. The molecule has 3 rings (SSSR count). The minimum absolute atomic E-state index is 0.0255. The standard InChI is InChI=1S/C21H16Cl2N4O4S/c22-16-6-8-18(9-7-16)26-32(30,31)21-13-19(27(28)29)10-11-20(21)25-24-14-17(23)12-15-4-2-1-3-5-15/h1-14,25-26H. The summed E-state index contributed by atoms with van der Waals surface area (Å²) in [6.07, 6.45) is 2.96. The zero-order valence-electron chi connectivity index (χ0n) is 16.3. The van der Waals surface area contributed by atoms with Gasteiger partial charge in [-0.2, -0.15) is 5.10 Å². The number of nitrogens with one attached hydrogen (secondary N) is 2. The van der Waals surface area contributed by atoms with E-state index in [4.69, 9.17) is 23.2 Å². The van der Waals surface area contributed by atoms with Gasteiger partial charge in [-0.3, -0.25) is 20.3 Å². The third-order valence-electron chi connectivity index (χ3n) is 4.04. The van der Waals surface area contributed by atoms with E-state index in [0.29, 0.717) is 5.02 Å². The van der Waals surface area contributed by atoms with E-state index in [9.17, 15) is 18.5 Å². The minimum Gasteiger partial charge on any atom is -0.280 e. The van der Waals surface area contributed by atoms with E-state index < -0.39 is 20.6 Å². The summed E-state index contributed by atoms with van der Waals surface area (Å²) in [6.45, 7) is 0. The van der Waals surface area contributed by atoms with Gasteiger partial charge in [0.15, 0.2) is 0 Å². The highest BCUT2D eigenvalue weighted by Crippen LogP contribution is 2.28. The molecule has 0 fully saturated rings. The van der Waals surface area contributed by atoms with Crippen molar-refractivity contribution in [2.24, 2.45) is 5.10 Å². The van der Waals surface area contributed by atoms with E-state index in [1.807, 2.05) is 30.3 Å². The largest absolute Gasteiger partial charge is 0.280 e. The van der Waals surface area contributed by atoms with Crippen molar-refractivity contribution in [3.63, 3.8) is 0 Å². The number of hydrazone groups is 1. The monoisotopic (exact) mass is 490 g/mol. The van der Waals surface area contributed by atoms with Crippen molar-refractivity contribution < 1.29 is 13.3 Å². The van der Waals surface area contributed by atoms with E-state index in [-0.39, 0.29) is 21.3 Å². The minimum atomic E-state index is -4.19. The molecule has 8 nitrogen and oxygen atoms in total. The number of nitro groups is 1. The molecule has 0 aliphatic heterocycles. The highest BCUT2D eigenvalue weighted by molar-refractivity contribution is 7.92. The van der Waals surface area contributed by atoms with Crippen LogP contribution in [-0.2, 0) is 10.0 Å². The van der Waals surface area contributed by atoms with Crippen LogP contribution < -0.4 is 10.1 Å². The maximum Gasteiger partial charge on any atom is 0.270 e. The van der Waals surface area contributed by atoms with E-state index in [1.165, 1.54) is 42.6 Å². The lowest BCUT2D eigenvalue weighted by molar-refractivity contribution is -0.385. The van der Waals surface area contributed by atoms with Gasteiger partial charge in [0, 0.05) is 22.8 Å². The van der Waals surface area contributed by atoms with Gasteiger partial charge in [-0.1, -0.05) is 53.5 Å². The molecule has 3 aromatic rings. The number of hydrogen-bond donors (Lipinski definition) is 2. The summed E-state index contributed by atoms with van der Waals surface area (Å²) in [5, 5.41) is 15.8. The summed E-state index contributed by atoms with van der Waals surface area (Å²) < 4.78 is 28.2. The average molecular weight is 491 g/mol. The van der Waals surface area contributed by atoms with Crippen molar-refractivity contribution in [1.29, 1.82) is 0 Å². The van der Waals surface area contributed by atoms with Crippen LogP contribution in [0.5, 0.6) is 0 Å². The highest BCUT2D eigenvalue weighted by Gasteiger charge is 2.22. The fraction of sp³-hybridized carbons (Fsp3) is 0. The molecule has 3 aromatic carbocycles. The Morgan fingerprint density at radius 1 is 1.03 bits per heavy atom. The molecule has 2 N–H and O–H groups in total. The van der Waals surface area contributed by atoms with Gasteiger partial charge in [-0.05, 0) is 42.0 Å². The number of benzene rings is 3. The lowest BCUT2D eigenvalue weighted by atomic mass is 10.2. The van der Waals surface area contributed by atoms with Gasteiger partial charge in [0.1, 0.15) is 4.90 Å². The van der Waals surface area contributed by atoms with Crippen molar-refractivity contribution >= 4 is 62.6 Å². The smallest absolute Gasteiger partial charge is 0.270 e. The van der Waals surface area contributed by atoms with Crippen LogP contribution in [-0.4, -0.2) is 19.6 Å². The number of allylic oxidation sites excluding steroid dienone is 1. The van der Waals surface area contributed by atoms with Crippen molar-refractivity contribution in [3.05, 3.63) is 98.5 Å². The second kappa shape index (κ2) is 10.3. The van der Waals surface area contributed by atoms with Crippen LogP contribution in [0, 0.1) is 10.1 Å². The zero-order valence-corrected chi connectivity index (χ0v) is 18.6. The van der Waals surface area contributed by atoms with Crippen LogP contribution in [0.3, 0.4) is 0 Å². The van der Waals surface area contributed by atoms with Crippen LogP contribution in [0.4, 0.5) is 17.1 Å². The maximum atomic E-state index is 12.9. The molecule has 0 saturated heterocycles. The number of hydrogen-bond acceptors (Lipinski definition) is 6.